The lowest BCUT2D eigenvalue weighted by Crippen LogP contribution is -1.95. The van der Waals surface area contributed by atoms with E-state index in [4.69, 9.17) is 29.1 Å². The lowest BCUT2D eigenvalue weighted by atomic mass is 10.3. The monoisotopic (exact) mass is 298 g/mol. The first kappa shape index (κ1) is 12.7. The Balaban J connectivity index is 2.67. The molecular formula is C11H7ClN2S3. The molecule has 1 aromatic heterocycles. The molecule has 0 spiro atoms. The van der Waals surface area contributed by atoms with Crippen LogP contribution in [0.5, 0.6) is 0 Å². The Kier molecular flexibility index (Phi) is 3.89. The van der Waals surface area contributed by atoms with Crippen molar-refractivity contribution in [2.45, 2.75) is 5.03 Å². The zero-order chi connectivity index (χ0) is 12.4. The smallest absolute Gasteiger partial charge is 0.167 e. The molecule has 86 valence electrons. The van der Waals surface area contributed by atoms with Crippen LogP contribution in [0.2, 0.25) is 5.02 Å². The molecule has 0 N–H and O–H groups in total. The minimum atomic E-state index is 0.650. The number of rotatable bonds is 2. The Labute approximate surface area is 117 Å². The number of thiazole rings is 1. The standard InChI is InChI=1S/C11H7ClN2S3/c1-16-10-9(6-13)17-11(15)14(10)8-4-2-7(12)3-5-8/h2-5H,1H3. The Bertz CT molecular complexity index is 634. The van der Waals surface area contributed by atoms with Gasteiger partial charge in [0.05, 0.1) is 0 Å². The zero-order valence-corrected chi connectivity index (χ0v) is 12.0. The highest BCUT2D eigenvalue weighted by Crippen LogP contribution is 2.30. The molecule has 6 heteroatoms. The van der Waals surface area contributed by atoms with E-state index in [9.17, 15) is 0 Å². The third-order valence-electron chi connectivity index (χ3n) is 2.15. The Hall–Kier alpha value is -0.800. The third-order valence-corrected chi connectivity index (χ3v) is 4.58. The molecule has 0 aliphatic carbocycles. The van der Waals surface area contributed by atoms with Gasteiger partial charge < -0.3 is 0 Å². The van der Waals surface area contributed by atoms with Gasteiger partial charge in [0, 0.05) is 10.7 Å². The predicted octanol–water partition coefficient (Wildman–Crippen LogP) is 4.52. The summed E-state index contributed by atoms with van der Waals surface area (Å²) in [5, 5.41) is 10.6. The first-order valence-electron chi connectivity index (χ1n) is 4.63. The van der Waals surface area contributed by atoms with Gasteiger partial charge in [0.1, 0.15) is 16.0 Å². The third kappa shape index (κ3) is 2.40. The fourth-order valence-electron chi connectivity index (χ4n) is 1.43. The molecule has 0 aliphatic rings. The average Bonchev–Trinajstić information content (AvgIpc) is 2.66. The van der Waals surface area contributed by atoms with E-state index in [-0.39, 0.29) is 0 Å². The first-order valence-corrected chi connectivity index (χ1v) is 7.46. The van der Waals surface area contributed by atoms with Crippen LogP contribution in [-0.4, -0.2) is 10.8 Å². The van der Waals surface area contributed by atoms with E-state index >= 15 is 0 Å². The molecule has 0 fully saturated rings. The van der Waals surface area contributed by atoms with Crippen LogP contribution >= 0.6 is 46.9 Å². The van der Waals surface area contributed by atoms with E-state index in [0.29, 0.717) is 13.9 Å². The van der Waals surface area contributed by atoms with Crippen molar-refractivity contribution in [1.29, 1.82) is 5.26 Å². The summed E-state index contributed by atoms with van der Waals surface area (Å²) in [6.07, 6.45) is 1.93. The van der Waals surface area contributed by atoms with Crippen LogP contribution in [0.15, 0.2) is 29.3 Å². The van der Waals surface area contributed by atoms with Crippen molar-refractivity contribution >= 4 is 46.9 Å². The molecule has 2 rings (SSSR count). The summed E-state index contributed by atoms with van der Waals surface area (Å²) in [4.78, 5) is 0.650. The van der Waals surface area contributed by atoms with E-state index in [2.05, 4.69) is 6.07 Å². The molecule has 1 aromatic carbocycles. The number of hydrogen-bond donors (Lipinski definition) is 0. The maximum absolute atomic E-state index is 9.04. The summed E-state index contributed by atoms with van der Waals surface area (Å²) in [5.41, 5.74) is 0.932. The van der Waals surface area contributed by atoms with Crippen LogP contribution in [0.4, 0.5) is 0 Å². The Morgan fingerprint density at radius 2 is 2.06 bits per heavy atom. The van der Waals surface area contributed by atoms with Crippen molar-refractivity contribution in [3.8, 4) is 11.8 Å². The van der Waals surface area contributed by atoms with Gasteiger partial charge in [-0.15, -0.1) is 11.8 Å². The maximum Gasteiger partial charge on any atom is 0.167 e. The minimum absolute atomic E-state index is 0.650. The van der Waals surface area contributed by atoms with Crippen LogP contribution in [-0.2, 0) is 0 Å². The summed E-state index contributed by atoms with van der Waals surface area (Å²) in [6, 6.07) is 9.59. The largest absolute Gasteiger partial charge is 0.285 e. The second kappa shape index (κ2) is 5.23. The summed E-state index contributed by atoms with van der Waals surface area (Å²) >= 11 is 14.0. The highest BCUT2D eigenvalue weighted by Gasteiger charge is 2.12. The van der Waals surface area contributed by atoms with Crippen LogP contribution in [0.1, 0.15) is 4.88 Å². The van der Waals surface area contributed by atoms with Gasteiger partial charge in [-0.25, -0.2) is 0 Å². The van der Waals surface area contributed by atoms with E-state index in [0.717, 1.165) is 10.7 Å². The van der Waals surface area contributed by atoms with Gasteiger partial charge in [0.15, 0.2) is 3.95 Å². The highest BCUT2D eigenvalue weighted by molar-refractivity contribution is 7.98. The molecule has 2 nitrogen and oxygen atoms in total. The topological polar surface area (TPSA) is 28.7 Å². The fourth-order valence-corrected chi connectivity index (χ4v) is 3.79. The molecule has 0 saturated carbocycles. The Morgan fingerprint density at radius 1 is 1.41 bits per heavy atom. The van der Waals surface area contributed by atoms with E-state index in [1.807, 2.05) is 35.1 Å². The molecule has 0 radical (unpaired) electrons. The number of aromatic nitrogens is 1. The molecule has 17 heavy (non-hydrogen) atoms. The van der Waals surface area contributed by atoms with Crippen molar-refractivity contribution in [2.75, 3.05) is 6.26 Å². The van der Waals surface area contributed by atoms with Gasteiger partial charge in [-0.05, 0) is 42.7 Å². The fraction of sp³-hybridized carbons (Fsp3) is 0.0909. The van der Waals surface area contributed by atoms with Crippen LogP contribution < -0.4 is 0 Å². The van der Waals surface area contributed by atoms with Crippen molar-refractivity contribution in [3.05, 3.63) is 38.1 Å². The lowest BCUT2D eigenvalue weighted by Gasteiger charge is -2.06. The van der Waals surface area contributed by atoms with Gasteiger partial charge in [0.25, 0.3) is 0 Å². The van der Waals surface area contributed by atoms with Crippen molar-refractivity contribution in [2.24, 2.45) is 0 Å². The Morgan fingerprint density at radius 3 is 2.59 bits per heavy atom. The van der Waals surface area contributed by atoms with Crippen molar-refractivity contribution < 1.29 is 0 Å². The molecule has 0 unspecified atom stereocenters. The second-order valence-electron chi connectivity index (χ2n) is 3.13. The number of halogens is 1. The van der Waals surface area contributed by atoms with Crippen LogP contribution in [0, 0.1) is 15.3 Å². The quantitative estimate of drug-likeness (QED) is 0.603. The van der Waals surface area contributed by atoms with Gasteiger partial charge in [0.2, 0.25) is 0 Å². The average molecular weight is 299 g/mol. The summed E-state index contributed by atoms with van der Waals surface area (Å²) in [5.74, 6) is 0. The molecular weight excluding hydrogens is 292 g/mol. The molecule has 0 aliphatic heterocycles. The number of benzene rings is 1. The number of hydrogen-bond acceptors (Lipinski definition) is 4. The van der Waals surface area contributed by atoms with Crippen LogP contribution in [0.3, 0.4) is 0 Å². The molecule has 0 atom stereocenters. The molecule has 0 saturated heterocycles. The number of thioether (sulfide) groups is 1. The molecule has 2 aromatic rings. The van der Waals surface area contributed by atoms with Gasteiger partial charge in [-0.2, -0.15) is 5.26 Å². The van der Waals surface area contributed by atoms with Gasteiger partial charge >= 0.3 is 0 Å². The van der Waals surface area contributed by atoms with Crippen molar-refractivity contribution in [1.82, 2.24) is 4.57 Å². The van der Waals surface area contributed by atoms with E-state index in [1.54, 1.807) is 0 Å². The van der Waals surface area contributed by atoms with E-state index in [1.165, 1.54) is 23.1 Å². The normalized spacial score (nSPS) is 10.2. The maximum atomic E-state index is 9.04. The zero-order valence-electron chi connectivity index (χ0n) is 8.81. The summed E-state index contributed by atoms with van der Waals surface area (Å²) in [6.45, 7) is 0. The summed E-state index contributed by atoms with van der Waals surface area (Å²) in [7, 11) is 0. The highest BCUT2D eigenvalue weighted by atomic mass is 35.5. The molecule has 0 amide bonds. The predicted molar refractivity (Wildman–Crippen MR) is 76.0 cm³/mol. The minimum Gasteiger partial charge on any atom is -0.285 e. The summed E-state index contributed by atoms with van der Waals surface area (Å²) < 4.78 is 2.58. The second-order valence-corrected chi connectivity index (χ2v) is 6.01. The van der Waals surface area contributed by atoms with Gasteiger partial charge in [-0.1, -0.05) is 22.9 Å². The first-order chi connectivity index (χ1) is 8.17. The number of nitriles is 1. The van der Waals surface area contributed by atoms with Gasteiger partial charge in [-0.3, -0.25) is 4.57 Å². The molecule has 1 heterocycles. The van der Waals surface area contributed by atoms with Crippen LogP contribution in [0.25, 0.3) is 5.69 Å². The van der Waals surface area contributed by atoms with Crippen molar-refractivity contribution in [3.63, 3.8) is 0 Å². The SMILES string of the molecule is CSc1c(C#N)sc(=S)n1-c1ccc(Cl)cc1. The number of nitrogens with zero attached hydrogens (tertiary/aromatic N) is 2. The van der Waals surface area contributed by atoms with E-state index < -0.39 is 0 Å². The molecule has 0 bridgehead atoms. The lowest BCUT2D eigenvalue weighted by molar-refractivity contribution is 0.941.